The van der Waals surface area contributed by atoms with Gasteiger partial charge < -0.3 is 14.5 Å². The first-order chi connectivity index (χ1) is 12.4. The second-order valence-corrected chi connectivity index (χ2v) is 7.09. The average Bonchev–Trinajstić information content (AvgIpc) is 3.22. The lowest BCUT2D eigenvalue weighted by Gasteiger charge is -2.15. The molecule has 9 nitrogen and oxygen atoms in total. The van der Waals surface area contributed by atoms with Gasteiger partial charge in [0.2, 0.25) is 0 Å². The van der Waals surface area contributed by atoms with Gasteiger partial charge in [0, 0.05) is 0 Å². The summed E-state index contributed by atoms with van der Waals surface area (Å²) in [5.74, 6) is -1.97. The summed E-state index contributed by atoms with van der Waals surface area (Å²) in [6.07, 6.45) is 1.32. The third kappa shape index (κ3) is 3.31. The minimum atomic E-state index is -3.94. The molecule has 0 saturated heterocycles. The average molecular weight is 378 g/mol. The van der Waals surface area contributed by atoms with E-state index in [9.17, 15) is 22.8 Å². The monoisotopic (exact) mass is 378 g/mol. The van der Waals surface area contributed by atoms with Crippen molar-refractivity contribution in [3.05, 3.63) is 54.0 Å². The quantitative estimate of drug-likeness (QED) is 0.722. The number of amides is 2. The van der Waals surface area contributed by atoms with Crippen molar-refractivity contribution in [3.63, 3.8) is 0 Å². The number of carbonyl (C=O) groups is 3. The first kappa shape index (κ1) is 17.7. The van der Waals surface area contributed by atoms with E-state index < -0.39 is 34.4 Å². The van der Waals surface area contributed by atoms with E-state index in [0.717, 1.165) is 0 Å². The van der Waals surface area contributed by atoms with Crippen LogP contribution in [-0.2, 0) is 19.6 Å². The maximum absolute atomic E-state index is 12.3. The molecule has 0 spiro atoms. The summed E-state index contributed by atoms with van der Waals surface area (Å²) < 4.78 is 35.0. The summed E-state index contributed by atoms with van der Waals surface area (Å²) in [6, 6.07) is 8.82. The minimum Gasteiger partial charge on any atom is -0.462 e. The summed E-state index contributed by atoms with van der Waals surface area (Å²) in [6.45, 7) is -1.05. The molecule has 0 atom stereocenters. The molecule has 2 amide bonds. The molecular formula is C16H14N2O7S. The second kappa shape index (κ2) is 7.00. The van der Waals surface area contributed by atoms with E-state index in [4.69, 9.17) is 9.15 Å². The first-order valence-corrected chi connectivity index (χ1v) is 8.98. The van der Waals surface area contributed by atoms with Gasteiger partial charge in [-0.05, 0) is 24.3 Å². The number of nitrogens with one attached hydrogen (secondary N) is 1. The topological polar surface area (TPSA) is 123 Å². The van der Waals surface area contributed by atoms with Crippen LogP contribution < -0.4 is 5.32 Å². The fourth-order valence-electron chi connectivity index (χ4n) is 2.39. The molecule has 26 heavy (non-hydrogen) atoms. The number of hydrogen-bond donors (Lipinski definition) is 1. The molecule has 0 bridgehead atoms. The number of carbonyl (C=O) groups excluding carboxylic acids is 3. The number of benzene rings is 1. The fraction of sp³-hybridized carbons (Fsp3) is 0.188. The number of ether oxygens (including phenoxy) is 1. The van der Waals surface area contributed by atoms with Crippen molar-refractivity contribution in [1.82, 2.24) is 9.62 Å². The number of fused-ring (bicyclic) bond motifs is 1. The molecule has 136 valence electrons. The summed E-state index contributed by atoms with van der Waals surface area (Å²) in [7, 11) is -3.94. The van der Waals surface area contributed by atoms with Crippen LogP contribution in [0.1, 0.15) is 20.9 Å². The number of rotatable bonds is 6. The Kier molecular flexibility index (Phi) is 4.76. The lowest BCUT2D eigenvalue weighted by atomic mass is 10.2. The van der Waals surface area contributed by atoms with Crippen molar-refractivity contribution >= 4 is 27.8 Å². The number of nitrogens with zero attached hydrogens (tertiary/aromatic N) is 1. The molecule has 0 aliphatic carbocycles. The molecule has 1 aliphatic rings. The summed E-state index contributed by atoms with van der Waals surface area (Å²) in [5.41, 5.74) is 0.0875. The molecule has 3 rings (SSSR count). The van der Waals surface area contributed by atoms with E-state index in [1.807, 2.05) is 0 Å². The van der Waals surface area contributed by atoms with Crippen molar-refractivity contribution in [1.29, 1.82) is 0 Å². The maximum atomic E-state index is 12.3. The van der Waals surface area contributed by atoms with E-state index in [1.165, 1.54) is 36.6 Å². The van der Waals surface area contributed by atoms with Gasteiger partial charge in [-0.3, -0.25) is 14.4 Å². The van der Waals surface area contributed by atoms with Crippen molar-refractivity contribution in [2.24, 2.45) is 0 Å². The molecule has 0 unspecified atom stereocenters. The highest BCUT2D eigenvalue weighted by Crippen LogP contribution is 2.29. The Morgan fingerprint density at radius 3 is 2.62 bits per heavy atom. The molecule has 0 fully saturated rings. The van der Waals surface area contributed by atoms with Gasteiger partial charge in [-0.25, -0.2) is 12.7 Å². The van der Waals surface area contributed by atoms with Crippen LogP contribution in [0.2, 0.25) is 0 Å². The normalized spacial score (nSPS) is 14.8. The molecule has 0 saturated carbocycles. The lowest BCUT2D eigenvalue weighted by molar-refractivity contribution is -0.142. The minimum absolute atomic E-state index is 0.0457. The third-order valence-electron chi connectivity index (χ3n) is 3.61. The molecule has 10 heteroatoms. The standard InChI is InChI=1S/C16H14N2O7S/c19-14(10-17-15(20)12-5-3-8-24-12)25-9-7-18-16(21)11-4-1-2-6-13(11)26(18,22)23/h1-6,8H,7,9-10H2,(H,17,20). The van der Waals surface area contributed by atoms with Gasteiger partial charge >= 0.3 is 5.97 Å². The van der Waals surface area contributed by atoms with Gasteiger partial charge in [0.05, 0.1) is 18.4 Å². The number of sulfonamides is 1. The molecule has 1 N–H and O–H groups in total. The van der Waals surface area contributed by atoms with E-state index in [0.29, 0.717) is 4.31 Å². The van der Waals surface area contributed by atoms with Gasteiger partial charge in [0.15, 0.2) is 5.76 Å². The predicted molar refractivity (Wildman–Crippen MR) is 86.7 cm³/mol. The Morgan fingerprint density at radius 1 is 1.15 bits per heavy atom. The van der Waals surface area contributed by atoms with Gasteiger partial charge in [-0.2, -0.15) is 0 Å². The SMILES string of the molecule is O=C(CNC(=O)c1ccco1)OCCN1C(=O)c2ccccc2S1(=O)=O. The molecule has 2 aromatic rings. The Hall–Kier alpha value is -3.14. The summed E-state index contributed by atoms with van der Waals surface area (Å²) in [4.78, 5) is 35.3. The zero-order valence-electron chi connectivity index (χ0n) is 13.4. The smallest absolute Gasteiger partial charge is 0.325 e. The van der Waals surface area contributed by atoms with Crippen molar-refractivity contribution in [2.45, 2.75) is 4.90 Å². The molecule has 1 aromatic heterocycles. The number of hydrogen-bond acceptors (Lipinski definition) is 7. The Labute approximate surface area is 148 Å². The first-order valence-electron chi connectivity index (χ1n) is 7.54. The lowest BCUT2D eigenvalue weighted by Crippen LogP contribution is -2.35. The molecule has 1 aromatic carbocycles. The van der Waals surface area contributed by atoms with Crippen LogP contribution in [0.3, 0.4) is 0 Å². The van der Waals surface area contributed by atoms with E-state index in [2.05, 4.69) is 5.32 Å². The fourth-order valence-corrected chi connectivity index (χ4v) is 3.95. The van der Waals surface area contributed by atoms with Gasteiger partial charge in [-0.15, -0.1) is 0 Å². The molecule has 0 radical (unpaired) electrons. The van der Waals surface area contributed by atoms with Crippen LogP contribution >= 0.6 is 0 Å². The van der Waals surface area contributed by atoms with E-state index in [1.54, 1.807) is 6.07 Å². The molecule has 1 aliphatic heterocycles. The molecule has 2 heterocycles. The Balaban J connectivity index is 1.50. The van der Waals surface area contributed by atoms with Crippen LogP contribution in [0, 0.1) is 0 Å². The van der Waals surface area contributed by atoms with Crippen LogP contribution in [0.15, 0.2) is 52.0 Å². The highest BCUT2D eigenvalue weighted by Gasteiger charge is 2.40. The van der Waals surface area contributed by atoms with Gasteiger partial charge in [0.25, 0.3) is 21.8 Å². The van der Waals surface area contributed by atoms with Gasteiger partial charge in [0.1, 0.15) is 18.0 Å². The zero-order chi connectivity index (χ0) is 18.7. The highest BCUT2D eigenvalue weighted by atomic mass is 32.2. The Bertz CT molecular complexity index is 951. The highest BCUT2D eigenvalue weighted by molar-refractivity contribution is 7.90. The van der Waals surface area contributed by atoms with Crippen molar-refractivity contribution in [2.75, 3.05) is 19.7 Å². The Morgan fingerprint density at radius 2 is 1.92 bits per heavy atom. The largest absolute Gasteiger partial charge is 0.462 e. The van der Waals surface area contributed by atoms with Crippen molar-refractivity contribution in [3.8, 4) is 0 Å². The van der Waals surface area contributed by atoms with Crippen molar-refractivity contribution < 1.29 is 32.0 Å². The summed E-state index contributed by atoms with van der Waals surface area (Å²) in [5, 5.41) is 2.30. The maximum Gasteiger partial charge on any atom is 0.325 e. The number of furan rings is 1. The second-order valence-electron chi connectivity index (χ2n) is 5.26. The summed E-state index contributed by atoms with van der Waals surface area (Å²) >= 11 is 0. The van der Waals surface area contributed by atoms with Gasteiger partial charge in [-0.1, -0.05) is 12.1 Å². The zero-order valence-corrected chi connectivity index (χ0v) is 14.2. The molecular weight excluding hydrogens is 364 g/mol. The number of esters is 1. The van der Waals surface area contributed by atoms with Crippen LogP contribution in [-0.4, -0.2) is 50.2 Å². The van der Waals surface area contributed by atoms with Crippen LogP contribution in [0.25, 0.3) is 0 Å². The predicted octanol–water partition coefficient (Wildman–Crippen LogP) is 0.397. The van der Waals surface area contributed by atoms with E-state index >= 15 is 0 Å². The van der Waals surface area contributed by atoms with Crippen LogP contribution in [0.4, 0.5) is 0 Å². The third-order valence-corrected chi connectivity index (χ3v) is 5.45. The van der Waals surface area contributed by atoms with E-state index in [-0.39, 0.29) is 29.4 Å². The van der Waals surface area contributed by atoms with Crippen LogP contribution in [0.5, 0.6) is 0 Å².